The number of carboxylic acids is 1. The van der Waals surface area contributed by atoms with Crippen LogP contribution in [0, 0.1) is 11.8 Å². The second-order valence-electron chi connectivity index (χ2n) is 4.09. The van der Waals surface area contributed by atoms with Gasteiger partial charge in [0.15, 0.2) is 5.78 Å². The summed E-state index contributed by atoms with van der Waals surface area (Å²) in [5.41, 5.74) is 0.347. The van der Waals surface area contributed by atoms with Crippen LogP contribution in [-0.4, -0.2) is 22.6 Å². The van der Waals surface area contributed by atoms with Crippen LogP contribution in [-0.2, 0) is 9.59 Å². The predicted octanol–water partition coefficient (Wildman–Crippen LogP) is 2.45. The lowest BCUT2D eigenvalue weighted by Gasteiger charge is -2.16. The highest BCUT2D eigenvalue weighted by molar-refractivity contribution is 6.30. The first-order valence-corrected chi connectivity index (χ1v) is 5.75. The average Bonchev–Trinajstić information content (AvgIpc) is 2.28. The van der Waals surface area contributed by atoms with Crippen molar-refractivity contribution < 1.29 is 19.5 Å². The number of halogens is 1. The summed E-state index contributed by atoms with van der Waals surface area (Å²) in [5.74, 6) is -4.40. The van der Waals surface area contributed by atoms with Crippen molar-refractivity contribution in [3.05, 3.63) is 34.9 Å². The van der Waals surface area contributed by atoms with Crippen molar-refractivity contribution in [2.75, 3.05) is 0 Å². The maximum atomic E-state index is 12.0. The molecule has 2 unspecified atom stereocenters. The van der Waals surface area contributed by atoms with Gasteiger partial charge in [-0.1, -0.05) is 18.5 Å². The summed E-state index contributed by atoms with van der Waals surface area (Å²) in [5, 5.41) is 9.45. The summed E-state index contributed by atoms with van der Waals surface area (Å²) in [4.78, 5) is 34.3. The fourth-order valence-corrected chi connectivity index (χ4v) is 1.89. The quantitative estimate of drug-likeness (QED) is 0.658. The molecule has 96 valence electrons. The molecule has 0 bridgehead atoms. The third-order valence-corrected chi connectivity index (χ3v) is 3.00. The molecule has 0 aliphatic heterocycles. The molecule has 0 fully saturated rings. The van der Waals surface area contributed by atoms with Gasteiger partial charge < -0.3 is 5.11 Å². The molecule has 0 aliphatic rings. The number of carbonyl (C=O) groups is 3. The third kappa shape index (κ3) is 3.17. The van der Waals surface area contributed by atoms with E-state index in [0.29, 0.717) is 10.6 Å². The molecule has 2 atom stereocenters. The van der Waals surface area contributed by atoms with Gasteiger partial charge in [0.2, 0.25) is 0 Å². The van der Waals surface area contributed by atoms with Crippen LogP contribution in [0.1, 0.15) is 24.2 Å². The van der Waals surface area contributed by atoms with Crippen LogP contribution < -0.4 is 0 Å². The van der Waals surface area contributed by atoms with E-state index in [9.17, 15) is 14.4 Å². The summed E-state index contributed by atoms with van der Waals surface area (Å²) < 4.78 is 0. The fourth-order valence-electron chi connectivity index (χ4n) is 1.77. The van der Waals surface area contributed by atoms with Gasteiger partial charge in [-0.25, -0.2) is 0 Å². The van der Waals surface area contributed by atoms with Crippen LogP contribution in [0.4, 0.5) is 0 Å². The summed E-state index contributed by atoms with van der Waals surface area (Å²) in [6.07, 6.45) is 0. The van der Waals surface area contributed by atoms with Crippen LogP contribution in [0.2, 0.25) is 5.02 Å². The zero-order chi connectivity index (χ0) is 13.9. The van der Waals surface area contributed by atoms with Gasteiger partial charge in [0, 0.05) is 16.5 Å². The minimum Gasteiger partial charge on any atom is -0.481 e. The van der Waals surface area contributed by atoms with Crippen molar-refractivity contribution >= 4 is 29.1 Å². The molecule has 1 aromatic carbocycles. The highest BCUT2D eigenvalue weighted by atomic mass is 35.5. The molecule has 5 heteroatoms. The van der Waals surface area contributed by atoms with E-state index in [-0.39, 0.29) is 5.78 Å². The monoisotopic (exact) mass is 268 g/mol. The van der Waals surface area contributed by atoms with Gasteiger partial charge in [0.25, 0.3) is 0 Å². The highest BCUT2D eigenvalue weighted by Crippen LogP contribution is 2.20. The lowest BCUT2D eigenvalue weighted by Crippen LogP contribution is -2.33. The van der Waals surface area contributed by atoms with Crippen molar-refractivity contribution in [3.8, 4) is 0 Å². The zero-order valence-electron chi connectivity index (χ0n) is 10.0. The highest BCUT2D eigenvalue weighted by Gasteiger charge is 2.34. The molecule has 0 amide bonds. The molecular formula is C13H13ClO4. The Morgan fingerprint density at radius 3 is 2.06 bits per heavy atom. The molecule has 0 saturated carbocycles. The average molecular weight is 269 g/mol. The zero-order valence-corrected chi connectivity index (χ0v) is 10.8. The fraction of sp³-hybridized carbons (Fsp3) is 0.308. The maximum Gasteiger partial charge on any atom is 0.314 e. The van der Waals surface area contributed by atoms with Gasteiger partial charge >= 0.3 is 5.97 Å². The van der Waals surface area contributed by atoms with Crippen LogP contribution >= 0.6 is 11.6 Å². The molecule has 1 aromatic rings. The van der Waals surface area contributed by atoms with Gasteiger partial charge in [0.05, 0.1) is 0 Å². The van der Waals surface area contributed by atoms with Crippen molar-refractivity contribution in [1.29, 1.82) is 0 Å². The first kappa shape index (κ1) is 14.4. The summed E-state index contributed by atoms with van der Waals surface area (Å²) in [6.45, 7) is 2.61. The molecular weight excluding hydrogens is 256 g/mol. The maximum absolute atomic E-state index is 12.0. The van der Waals surface area contributed by atoms with Crippen LogP contribution in [0.15, 0.2) is 24.3 Å². The predicted molar refractivity (Wildman–Crippen MR) is 66.8 cm³/mol. The SMILES string of the molecule is CC(=O)C(C(=O)O)C(C)C(=O)c1ccc(Cl)cc1. The van der Waals surface area contributed by atoms with Crippen LogP contribution in [0.25, 0.3) is 0 Å². The number of Topliss-reactive ketones (excluding diaryl/α,β-unsaturated/α-hetero) is 2. The molecule has 0 radical (unpaired) electrons. The lowest BCUT2D eigenvalue weighted by atomic mass is 9.85. The number of hydrogen-bond acceptors (Lipinski definition) is 3. The Hall–Kier alpha value is -1.68. The Bertz CT molecular complexity index is 464. The number of hydrogen-bond donors (Lipinski definition) is 1. The topological polar surface area (TPSA) is 71.4 Å². The Balaban J connectivity index is 2.99. The number of ketones is 2. The molecule has 0 spiro atoms. The molecule has 1 rings (SSSR count). The van der Waals surface area contributed by atoms with Crippen molar-refractivity contribution in [1.82, 2.24) is 0 Å². The van der Waals surface area contributed by atoms with E-state index >= 15 is 0 Å². The van der Waals surface area contributed by atoms with Crippen molar-refractivity contribution in [2.24, 2.45) is 11.8 Å². The Labute approximate surface area is 110 Å². The van der Waals surface area contributed by atoms with Crippen LogP contribution in [0.5, 0.6) is 0 Å². The molecule has 0 aromatic heterocycles. The second kappa shape index (κ2) is 5.78. The number of carboxylic acid groups (broad SMARTS) is 1. The second-order valence-corrected chi connectivity index (χ2v) is 4.52. The molecule has 0 heterocycles. The summed E-state index contributed by atoms with van der Waals surface area (Å²) in [7, 11) is 0. The number of benzene rings is 1. The van der Waals surface area contributed by atoms with Crippen molar-refractivity contribution in [3.63, 3.8) is 0 Å². The van der Waals surface area contributed by atoms with E-state index in [1.54, 1.807) is 12.1 Å². The first-order valence-electron chi connectivity index (χ1n) is 5.37. The Morgan fingerprint density at radius 2 is 1.67 bits per heavy atom. The number of aliphatic carboxylic acids is 1. The standard InChI is InChI=1S/C13H13ClO4/c1-7(11(8(2)15)13(17)18)12(16)9-3-5-10(14)6-4-9/h3-7,11H,1-2H3,(H,17,18). The minimum atomic E-state index is -1.31. The van der Waals surface area contributed by atoms with E-state index in [0.717, 1.165) is 0 Å². The first-order chi connectivity index (χ1) is 8.34. The van der Waals surface area contributed by atoms with Crippen LogP contribution in [0.3, 0.4) is 0 Å². The van der Waals surface area contributed by atoms with E-state index in [2.05, 4.69) is 0 Å². The molecule has 18 heavy (non-hydrogen) atoms. The van der Waals surface area contributed by atoms with Gasteiger partial charge in [0.1, 0.15) is 11.7 Å². The molecule has 0 aliphatic carbocycles. The van der Waals surface area contributed by atoms with E-state index < -0.39 is 23.6 Å². The summed E-state index contributed by atoms with van der Waals surface area (Å²) in [6, 6.07) is 6.12. The lowest BCUT2D eigenvalue weighted by molar-refractivity contribution is -0.147. The van der Waals surface area contributed by atoms with Gasteiger partial charge in [-0.2, -0.15) is 0 Å². The summed E-state index contributed by atoms with van der Waals surface area (Å²) >= 11 is 5.70. The van der Waals surface area contributed by atoms with Gasteiger partial charge in [-0.05, 0) is 31.2 Å². The Kier molecular flexibility index (Phi) is 4.62. The normalized spacial score (nSPS) is 13.7. The van der Waals surface area contributed by atoms with Crippen molar-refractivity contribution in [2.45, 2.75) is 13.8 Å². The van der Waals surface area contributed by atoms with E-state index in [1.165, 1.54) is 26.0 Å². The number of carbonyl (C=O) groups excluding carboxylic acids is 2. The van der Waals surface area contributed by atoms with Gasteiger partial charge in [-0.15, -0.1) is 0 Å². The molecule has 4 nitrogen and oxygen atoms in total. The largest absolute Gasteiger partial charge is 0.481 e. The minimum absolute atomic E-state index is 0.347. The Morgan fingerprint density at radius 1 is 1.17 bits per heavy atom. The number of rotatable bonds is 5. The smallest absolute Gasteiger partial charge is 0.314 e. The van der Waals surface area contributed by atoms with E-state index in [4.69, 9.17) is 16.7 Å². The molecule has 1 N–H and O–H groups in total. The van der Waals surface area contributed by atoms with E-state index in [1.807, 2.05) is 0 Å². The third-order valence-electron chi connectivity index (χ3n) is 2.75. The van der Waals surface area contributed by atoms with Gasteiger partial charge in [-0.3, -0.25) is 14.4 Å². The molecule has 0 saturated heterocycles.